The summed E-state index contributed by atoms with van der Waals surface area (Å²) < 4.78 is 37.3. The average Bonchev–Trinajstić information content (AvgIpc) is 2.12. The molecule has 0 heterocycles. The van der Waals surface area contributed by atoms with Gasteiger partial charge < -0.3 is 9.90 Å². The van der Waals surface area contributed by atoms with Crippen molar-refractivity contribution in [3.05, 3.63) is 29.3 Å². The summed E-state index contributed by atoms with van der Waals surface area (Å²) in [7, 11) is 0. The Kier molecular flexibility index (Phi) is 3.34. The largest absolute Gasteiger partial charge is 0.508 e. The maximum Gasteiger partial charge on any atom is 0.416 e. The number of hydrogen-bond donors (Lipinski definition) is 1. The van der Waals surface area contributed by atoms with E-state index in [0.717, 1.165) is 18.2 Å². The normalized spacial score (nSPS) is 11.4. The Morgan fingerprint density at radius 1 is 1.33 bits per heavy atom. The third-order valence-electron chi connectivity index (χ3n) is 1.93. The zero-order valence-electron chi connectivity index (χ0n) is 7.71. The number of halogens is 3. The van der Waals surface area contributed by atoms with Gasteiger partial charge in [-0.2, -0.15) is 13.2 Å². The quantitative estimate of drug-likeness (QED) is 0.791. The van der Waals surface area contributed by atoms with E-state index in [0.29, 0.717) is 6.29 Å². The number of carbonyl (C=O) groups excluding carboxylic acids is 1. The molecule has 0 atom stereocenters. The maximum absolute atomic E-state index is 12.4. The molecule has 0 fully saturated rings. The highest BCUT2D eigenvalue weighted by molar-refractivity contribution is 5.51. The summed E-state index contributed by atoms with van der Waals surface area (Å²) in [6.45, 7) is 0. The van der Waals surface area contributed by atoms with Crippen LogP contribution in [-0.2, 0) is 17.4 Å². The summed E-state index contributed by atoms with van der Waals surface area (Å²) in [5.41, 5.74) is -0.864. The van der Waals surface area contributed by atoms with Gasteiger partial charge in [0.05, 0.1) is 5.56 Å². The molecule has 0 aliphatic carbocycles. The Labute approximate surface area is 84.3 Å². The lowest BCUT2D eigenvalue weighted by Crippen LogP contribution is -2.09. The third-order valence-corrected chi connectivity index (χ3v) is 1.93. The Morgan fingerprint density at radius 3 is 2.53 bits per heavy atom. The molecule has 0 aliphatic rings. The fraction of sp³-hybridized carbons (Fsp3) is 0.300. The zero-order chi connectivity index (χ0) is 11.5. The number of alkyl halides is 3. The van der Waals surface area contributed by atoms with Crippen LogP contribution in [0.3, 0.4) is 0 Å². The van der Waals surface area contributed by atoms with Gasteiger partial charge in [-0.15, -0.1) is 0 Å². The lowest BCUT2D eigenvalue weighted by atomic mass is 10.0. The van der Waals surface area contributed by atoms with Crippen molar-refractivity contribution >= 4 is 6.29 Å². The number of aromatic hydroxyl groups is 1. The second-order valence-electron chi connectivity index (χ2n) is 3.04. The molecule has 1 aromatic carbocycles. The number of aldehydes is 1. The molecule has 0 radical (unpaired) electrons. The molecular weight excluding hydrogens is 209 g/mol. The monoisotopic (exact) mass is 218 g/mol. The lowest BCUT2D eigenvalue weighted by Gasteiger charge is -2.12. The SMILES string of the molecule is O=CCCc1cc(O)ccc1C(F)(F)F. The van der Waals surface area contributed by atoms with Gasteiger partial charge in [-0.25, -0.2) is 0 Å². The van der Waals surface area contributed by atoms with E-state index in [1.807, 2.05) is 0 Å². The minimum Gasteiger partial charge on any atom is -0.508 e. The van der Waals surface area contributed by atoms with Crippen LogP contribution in [-0.4, -0.2) is 11.4 Å². The fourth-order valence-corrected chi connectivity index (χ4v) is 1.28. The number of phenolic OH excluding ortho intramolecular Hbond substituents is 1. The second kappa shape index (κ2) is 4.33. The molecule has 1 N–H and O–H groups in total. The standard InChI is InChI=1S/C10H9F3O2/c11-10(12,13)9-4-3-8(15)6-7(9)2-1-5-14/h3-6,15H,1-2H2. The van der Waals surface area contributed by atoms with Gasteiger partial charge in [0.1, 0.15) is 12.0 Å². The van der Waals surface area contributed by atoms with Crippen molar-refractivity contribution in [2.75, 3.05) is 0 Å². The fourth-order valence-electron chi connectivity index (χ4n) is 1.28. The molecule has 0 unspecified atom stereocenters. The molecule has 82 valence electrons. The number of aryl methyl sites for hydroxylation is 1. The van der Waals surface area contributed by atoms with Crippen molar-refractivity contribution in [3.8, 4) is 5.75 Å². The summed E-state index contributed by atoms with van der Waals surface area (Å²) in [6.07, 6.45) is -3.92. The molecule has 0 spiro atoms. The molecular formula is C10H9F3O2. The third kappa shape index (κ3) is 2.97. The van der Waals surface area contributed by atoms with Crippen LogP contribution in [0.15, 0.2) is 18.2 Å². The first-order chi connectivity index (χ1) is 6.95. The molecule has 1 rings (SSSR count). The average molecular weight is 218 g/mol. The van der Waals surface area contributed by atoms with E-state index in [-0.39, 0.29) is 24.2 Å². The van der Waals surface area contributed by atoms with Gasteiger partial charge in [-0.05, 0) is 30.2 Å². The van der Waals surface area contributed by atoms with Crippen LogP contribution in [0.25, 0.3) is 0 Å². The highest BCUT2D eigenvalue weighted by Crippen LogP contribution is 2.33. The second-order valence-corrected chi connectivity index (χ2v) is 3.04. The predicted molar refractivity (Wildman–Crippen MR) is 47.5 cm³/mol. The maximum atomic E-state index is 12.4. The van der Waals surface area contributed by atoms with Gasteiger partial charge in [0.15, 0.2) is 0 Å². The molecule has 0 aromatic heterocycles. The van der Waals surface area contributed by atoms with E-state index in [9.17, 15) is 18.0 Å². The summed E-state index contributed by atoms with van der Waals surface area (Å²) in [5.74, 6) is -0.233. The summed E-state index contributed by atoms with van der Waals surface area (Å²) in [6, 6.07) is 2.83. The minimum atomic E-state index is -4.45. The number of benzene rings is 1. The van der Waals surface area contributed by atoms with Gasteiger partial charge in [0.25, 0.3) is 0 Å². The van der Waals surface area contributed by atoms with Gasteiger partial charge in [0, 0.05) is 6.42 Å². The minimum absolute atomic E-state index is 0.00648. The van der Waals surface area contributed by atoms with Crippen LogP contribution in [0, 0.1) is 0 Å². The Balaban J connectivity index is 3.08. The van der Waals surface area contributed by atoms with Crippen LogP contribution in [0.2, 0.25) is 0 Å². The van der Waals surface area contributed by atoms with Crippen LogP contribution >= 0.6 is 0 Å². The van der Waals surface area contributed by atoms with Crippen molar-refractivity contribution < 1.29 is 23.1 Å². The number of rotatable bonds is 3. The van der Waals surface area contributed by atoms with Gasteiger partial charge >= 0.3 is 6.18 Å². The van der Waals surface area contributed by atoms with E-state index in [1.54, 1.807) is 0 Å². The van der Waals surface area contributed by atoms with Crippen molar-refractivity contribution in [1.29, 1.82) is 0 Å². The Morgan fingerprint density at radius 2 is 2.00 bits per heavy atom. The van der Waals surface area contributed by atoms with Crippen molar-refractivity contribution in [1.82, 2.24) is 0 Å². The first-order valence-electron chi connectivity index (χ1n) is 4.28. The summed E-state index contributed by atoms with van der Waals surface area (Å²) in [5, 5.41) is 9.05. The lowest BCUT2D eigenvalue weighted by molar-refractivity contribution is -0.138. The highest BCUT2D eigenvalue weighted by atomic mass is 19.4. The van der Waals surface area contributed by atoms with Crippen LogP contribution in [0.5, 0.6) is 5.75 Å². The van der Waals surface area contributed by atoms with Gasteiger partial charge in [-0.1, -0.05) is 0 Å². The van der Waals surface area contributed by atoms with Gasteiger partial charge in [-0.3, -0.25) is 0 Å². The molecule has 0 bridgehead atoms. The molecule has 0 saturated carbocycles. The Hall–Kier alpha value is -1.52. The predicted octanol–water partition coefficient (Wildman–Crippen LogP) is 2.54. The molecule has 1 aromatic rings. The highest BCUT2D eigenvalue weighted by Gasteiger charge is 2.32. The molecule has 0 amide bonds. The van der Waals surface area contributed by atoms with E-state index < -0.39 is 11.7 Å². The summed E-state index contributed by atoms with van der Waals surface area (Å²) >= 11 is 0. The van der Waals surface area contributed by atoms with E-state index in [4.69, 9.17) is 5.11 Å². The van der Waals surface area contributed by atoms with E-state index in [2.05, 4.69) is 0 Å². The first kappa shape index (κ1) is 11.6. The van der Waals surface area contributed by atoms with E-state index >= 15 is 0 Å². The number of carbonyl (C=O) groups is 1. The topological polar surface area (TPSA) is 37.3 Å². The van der Waals surface area contributed by atoms with Crippen molar-refractivity contribution in [2.24, 2.45) is 0 Å². The molecule has 0 aliphatic heterocycles. The Bertz CT molecular complexity index is 358. The van der Waals surface area contributed by atoms with Crippen molar-refractivity contribution in [3.63, 3.8) is 0 Å². The van der Waals surface area contributed by atoms with Gasteiger partial charge in [0.2, 0.25) is 0 Å². The molecule has 15 heavy (non-hydrogen) atoms. The molecule has 2 nitrogen and oxygen atoms in total. The van der Waals surface area contributed by atoms with Crippen LogP contribution < -0.4 is 0 Å². The van der Waals surface area contributed by atoms with Crippen LogP contribution in [0.1, 0.15) is 17.5 Å². The zero-order valence-corrected chi connectivity index (χ0v) is 7.71. The number of phenols is 1. The first-order valence-corrected chi connectivity index (χ1v) is 4.28. The van der Waals surface area contributed by atoms with E-state index in [1.165, 1.54) is 0 Å². The van der Waals surface area contributed by atoms with Crippen molar-refractivity contribution in [2.45, 2.75) is 19.0 Å². The van der Waals surface area contributed by atoms with Crippen LogP contribution in [0.4, 0.5) is 13.2 Å². The summed E-state index contributed by atoms with van der Waals surface area (Å²) in [4.78, 5) is 10.1. The number of hydrogen-bond acceptors (Lipinski definition) is 2. The molecule has 0 saturated heterocycles. The smallest absolute Gasteiger partial charge is 0.416 e. The molecule has 5 heteroatoms.